The molecule has 1 aliphatic rings. The van der Waals surface area contributed by atoms with E-state index in [2.05, 4.69) is 55.1 Å². The second-order valence-corrected chi connectivity index (χ2v) is 8.75. The molecule has 0 bridgehead atoms. The third kappa shape index (κ3) is 3.92. The lowest BCUT2D eigenvalue weighted by molar-refractivity contribution is 0.182. The first kappa shape index (κ1) is 20.1. The zero-order valence-electron chi connectivity index (χ0n) is 18.1. The van der Waals surface area contributed by atoms with E-state index in [1.165, 1.54) is 5.56 Å². The third-order valence-electron chi connectivity index (χ3n) is 5.73. The van der Waals surface area contributed by atoms with Crippen molar-refractivity contribution < 1.29 is 9.53 Å². The highest BCUT2D eigenvalue weighted by molar-refractivity contribution is 5.90. The second kappa shape index (κ2) is 7.90. The van der Waals surface area contributed by atoms with Crippen LogP contribution in [0.2, 0.25) is 0 Å². The molecule has 0 saturated carbocycles. The number of anilines is 1. The Labute approximate surface area is 178 Å². The molecule has 0 fully saturated rings. The van der Waals surface area contributed by atoms with Crippen LogP contribution in [-0.4, -0.2) is 29.2 Å². The first-order valence-corrected chi connectivity index (χ1v) is 10.3. The van der Waals surface area contributed by atoms with Gasteiger partial charge in [-0.05, 0) is 52.9 Å². The molecule has 2 aromatic carbocycles. The lowest BCUT2D eigenvalue weighted by Crippen LogP contribution is -2.44. The van der Waals surface area contributed by atoms with Crippen LogP contribution in [0.25, 0.3) is 0 Å². The SMILES string of the molecule is COc1ccc([C@@H]2c3cccn3CCN2C(=O)Nc2ccc(C(C)(C)C)cc2)cc1. The number of methoxy groups -OCH3 is 1. The molecule has 5 nitrogen and oxygen atoms in total. The van der Waals surface area contributed by atoms with Gasteiger partial charge < -0.3 is 19.5 Å². The molecule has 1 atom stereocenters. The highest BCUT2D eigenvalue weighted by Gasteiger charge is 2.32. The highest BCUT2D eigenvalue weighted by Crippen LogP contribution is 2.34. The minimum atomic E-state index is -0.145. The molecule has 3 aromatic rings. The van der Waals surface area contributed by atoms with Crippen molar-refractivity contribution in [3.8, 4) is 5.75 Å². The van der Waals surface area contributed by atoms with Crippen molar-refractivity contribution in [3.63, 3.8) is 0 Å². The molecule has 0 spiro atoms. The number of benzene rings is 2. The Morgan fingerprint density at radius 2 is 1.70 bits per heavy atom. The van der Waals surface area contributed by atoms with Gasteiger partial charge in [-0.3, -0.25) is 0 Å². The van der Waals surface area contributed by atoms with Crippen LogP contribution in [0.1, 0.15) is 43.6 Å². The summed E-state index contributed by atoms with van der Waals surface area (Å²) in [5.41, 5.74) is 4.31. The smallest absolute Gasteiger partial charge is 0.322 e. The van der Waals surface area contributed by atoms with E-state index in [1.54, 1.807) is 7.11 Å². The Morgan fingerprint density at radius 1 is 1.00 bits per heavy atom. The Kier molecular flexibility index (Phi) is 5.29. The topological polar surface area (TPSA) is 46.5 Å². The zero-order chi connectivity index (χ0) is 21.3. The van der Waals surface area contributed by atoms with E-state index in [0.29, 0.717) is 6.54 Å². The average molecular weight is 404 g/mol. The van der Waals surface area contributed by atoms with Crippen LogP contribution in [-0.2, 0) is 12.0 Å². The van der Waals surface area contributed by atoms with Crippen molar-refractivity contribution >= 4 is 11.7 Å². The van der Waals surface area contributed by atoms with Crippen molar-refractivity contribution in [2.75, 3.05) is 19.0 Å². The number of aromatic nitrogens is 1. The molecule has 0 saturated heterocycles. The number of hydrogen-bond acceptors (Lipinski definition) is 2. The average Bonchev–Trinajstić information content (AvgIpc) is 3.21. The zero-order valence-corrected chi connectivity index (χ0v) is 18.1. The van der Waals surface area contributed by atoms with Crippen LogP contribution in [0.15, 0.2) is 66.9 Å². The quantitative estimate of drug-likeness (QED) is 0.634. The van der Waals surface area contributed by atoms with Gasteiger partial charge in [-0.2, -0.15) is 0 Å². The normalized spacial score (nSPS) is 16.1. The van der Waals surface area contributed by atoms with E-state index >= 15 is 0 Å². The van der Waals surface area contributed by atoms with Gasteiger partial charge in [-0.15, -0.1) is 0 Å². The number of hydrogen-bond donors (Lipinski definition) is 1. The molecule has 5 heteroatoms. The molecule has 30 heavy (non-hydrogen) atoms. The van der Waals surface area contributed by atoms with E-state index in [0.717, 1.165) is 29.2 Å². The summed E-state index contributed by atoms with van der Waals surface area (Å²) >= 11 is 0. The van der Waals surface area contributed by atoms with Crippen molar-refractivity contribution in [1.29, 1.82) is 0 Å². The van der Waals surface area contributed by atoms with Gasteiger partial charge in [0.1, 0.15) is 5.75 Å². The summed E-state index contributed by atoms with van der Waals surface area (Å²) in [6.45, 7) is 7.98. The molecule has 156 valence electrons. The number of amides is 2. The molecule has 1 aliphatic heterocycles. The highest BCUT2D eigenvalue weighted by atomic mass is 16.5. The molecule has 0 radical (unpaired) electrons. The summed E-state index contributed by atoms with van der Waals surface area (Å²) < 4.78 is 7.52. The number of carbonyl (C=O) groups excluding carboxylic acids is 1. The maximum atomic E-state index is 13.3. The summed E-state index contributed by atoms with van der Waals surface area (Å²) in [5, 5.41) is 3.09. The maximum Gasteiger partial charge on any atom is 0.322 e. The lowest BCUT2D eigenvalue weighted by atomic mass is 9.87. The predicted molar refractivity (Wildman–Crippen MR) is 120 cm³/mol. The fourth-order valence-electron chi connectivity index (χ4n) is 3.99. The molecular weight excluding hydrogens is 374 g/mol. The number of carbonyl (C=O) groups is 1. The largest absolute Gasteiger partial charge is 0.497 e. The van der Waals surface area contributed by atoms with Crippen LogP contribution in [0.4, 0.5) is 10.5 Å². The Balaban J connectivity index is 1.60. The van der Waals surface area contributed by atoms with Crippen molar-refractivity contribution in [2.45, 2.75) is 38.8 Å². The van der Waals surface area contributed by atoms with E-state index in [1.807, 2.05) is 47.4 Å². The Morgan fingerprint density at radius 3 is 2.33 bits per heavy atom. The standard InChI is InChI=1S/C25H29N3O2/c1-25(2,3)19-9-11-20(12-10-19)26-24(29)28-17-16-27-15-5-6-22(27)23(28)18-7-13-21(30-4)14-8-18/h5-15,23H,16-17H2,1-4H3,(H,26,29)/t23-/m1/s1. The molecule has 2 heterocycles. The van der Waals surface area contributed by atoms with Gasteiger partial charge in [0.05, 0.1) is 13.2 Å². The molecular formula is C25H29N3O2. The molecule has 0 aliphatic carbocycles. The molecule has 2 amide bonds. The lowest BCUT2D eigenvalue weighted by Gasteiger charge is -2.37. The van der Waals surface area contributed by atoms with Gasteiger partial charge in [-0.1, -0.05) is 45.0 Å². The fraction of sp³-hybridized carbons (Fsp3) is 0.320. The summed E-state index contributed by atoms with van der Waals surface area (Å²) in [6, 6.07) is 20.0. The number of nitrogens with one attached hydrogen (secondary N) is 1. The number of rotatable bonds is 3. The monoisotopic (exact) mass is 403 g/mol. The van der Waals surface area contributed by atoms with E-state index in [9.17, 15) is 4.79 Å². The van der Waals surface area contributed by atoms with E-state index in [-0.39, 0.29) is 17.5 Å². The van der Waals surface area contributed by atoms with E-state index in [4.69, 9.17) is 4.74 Å². The van der Waals surface area contributed by atoms with Crippen molar-refractivity contribution in [2.24, 2.45) is 0 Å². The first-order valence-electron chi connectivity index (χ1n) is 10.3. The summed E-state index contributed by atoms with van der Waals surface area (Å²) in [5.74, 6) is 0.805. The minimum absolute atomic E-state index is 0.0836. The molecule has 4 rings (SSSR count). The van der Waals surface area contributed by atoms with Gasteiger partial charge >= 0.3 is 6.03 Å². The second-order valence-electron chi connectivity index (χ2n) is 8.75. The van der Waals surface area contributed by atoms with Crippen LogP contribution in [0, 0.1) is 0 Å². The Bertz CT molecular complexity index is 1010. The predicted octanol–water partition coefficient (Wildman–Crippen LogP) is 5.43. The maximum absolute atomic E-state index is 13.3. The van der Waals surface area contributed by atoms with Crippen LogP contribution >= 0.6 is 0 Å². The first-order chi connectivity index (χ1) is 14.4. The Hall–Kier alpha value is -3.21. The van der Waals surface area contributed by atoms with E-state index < -0.39 is 0 Å². The molecule has 1 N–H and O–H groups in total. The molecule has 0 unspecified atom stereocenters. The van der Waals surface area contributed by atoms with Gasteiger partial charge in [0.2, 0.25) is 0 Å². The van der Waals surface area contributed by atoms with Gasteiger partial charge in [0, 0.05) is 30.7 Å². The van der Waals surface area contributed by atoms with Crippen LogP contribution in [0.5, 0.6) is 5.75 Å². The minimum Gasteiger partial charge on any atom is -0.497 e. The van der Waals surface area contributed by atoms with Gasteiger partial charge in [0.15, 0.2) is 0 Å². The number of fused-ring (bicyclic) bond motifs is 1. The van der Waals surface area contributed by atoms with Gasteiger partial charge in [-0.25, -0.2) is 4.79 Å². The van der Waals surface area contributed by atoms with Crippen LogP contribution in [0.3, 0.4) is 0 Å². The number of urea groups is 1. The molecule has 1 aromatic heterocycles. The summed E-state index contributed by atoms with van der Waals surface area (Å²) in [4.78, 5) is 15.2. The summed E-state index contributed by atoms with van der Waals surface area (Å²) in [6.07, 6.45) is 2.08. The van der Waals surface area contributed by atoms with Crippen molar-refractivity contribution in [3.05, 3.63) is 83.7 Å². The fourth-order valence-corrected chi connectivity index (χ4v) is 3.99. The number of nitrogens with zero attached hydrogens (tertiary/aromatic N) is 2. The van der Waals surface area contributed by atoms with Crippen molar-refractivity contribution in [1.82, 2.24) is 9.47 Å². The van der Waals surface area contributed by atoms with Gasteiger partial charge in [0.25, 0.3) is 0 Å². The number of ether oxygens (including phenoxy) is 1. The van der Waals surface area contributed by atoms with Crippen LogP contribution < -0.4 is 10.1 Å². The summed E-state index contributed by atoms with van der Waals surface area (Å²) in [7, 11) is 1.66. The third-order valence-corrected chi connectivity index (χ3v) is 5.73.